The number of alkyl halides is 3. The molecular formula is C19H15F4N5OS. The number of hydrogen-bond donors (Lipinski definition) is 1. The van der Waals surface area contributed by atoms with Gasteiger partial charge in [-0.05, 0) is 19.1 Å². The van der Waals surface area contributed by atoms with Crippen molar-refractivity contribution in [2.45, 2.75) is 24.0 Å². The molecule has 4 aromatic rings. The molecule has 0 aliphatic heterocycles. The molecule has 0 saturated heterocycles. The summed E-state index contributed by atoms with van der Waals surface area (Å²) in [6, 6.07) is 4.37. The van der Waals surface area contributed by atoms with Crippen LogP contribution in [0.1, 0.15) is 11.3 Å². The van der Waals surface area contributed by atoms with Gasteiger partial charge < -0.3 is 14.3 Å². The summed E-state index contributed by atoms with van der Waals surface area (Å²) < 4.78 is 58.0. The second-order valence-corrected chi connectivity index (χ2v) is 7.37. The quantitative estimate of drug-likeness (QED) is 0.346. The summed E-state index contributed by atoms with van der Waals surface area (Å²) >= 11 is 1.31. The Morgan fingerprint density at radius 3 is 2.80 bits per heavy atom. The van der Waals surface area contributed by atoms with Gasteiger partial charge in [0.25, 0.3) is 0 Å². The first-order valence-corrected chi connectivity index (χ1v) is 9.73. The van der Waals surface area contributed by atoms with Crippen LogP contribution in [0.5, 0.6) is 5.75 Å². The minimum absolute atomic E-state index is 0.134. The highest BCUT2D eigenvalue weighted by Gasteiger charge is 2.28. The van der Waals surface area contributed by atoms with E-state index in [0.717, 1.165) is 0 Å². The highest BCUT2D eigenvalue weighted by atomic mass is 32.2. The first-order chi connectivity index (χ1) is 14.3. The third-order valence-corrected chi connectivity index (χ3v) is 5.19. The van der Waals surface area contributed by atoms with Crippen molar-refractivity contribution in [3.63, 3.8) is 0 Å². The topological polar surface area (TPSA) is 68.6 Å². The molecule has 0 radical (unpaired) electrons. The van der Waals surface area contributed by atoms with Gasteiger partial charge in [0.05, 0.1) is 28.7 Å². The minimum atomic E-state index is -4.41. The number of thioether (sulfide) groups is 1. The highest BCUT2D eigenvalue weighted by molar-refractivity contribution is 7.98. The van der Waals surface area contributed by atoms with Gasteiger partial charge >= 0.3 is 6.18 Å². The van der Waals surface area contributed by atoms with Crippen LogP contribution in [0.4, 0.5) is 17.6 Å². The molecule has 4 rings (SSSR count). The molecule has 1 N–H and O–H groups in total. The minimum Gasteiger partial charge on any atom is -0.484 e. The van der Waals surface area contributed by atoms with E-state index in [1.807, 2.05) is 0 Å². The molecule has 0 atom stereocenters. The monoisotopic (exact) mass is 437 g/mol. The van der Waals surface area contributed by atoms with E-state index in [4.69, 9.17) is 4.74 Å². The number of halogens is 4. The van der Waals surface area contributed by atoms with Crippen LogP contribution in [0.2, 0.25) is 0 Å². The summed E-state index contributed by atoms with van der Waals surface area (Å²) in [7, 11) is 0. The van der Waals surface area contributed by atoms with Gasteiger partial charge in [0, 0.05) is 36.0 Å². The number of fused-ring (bicyclic) bond motifs is 1. The van der Waals surface area contributed by atoms with E-state index in [0.29, 0.717) is 38.9 Å². The smallest absolute Gasteiger partial charge is 0.422 e. The molecule has 0 saturated carbocycles. The number of nitrogens with one attached hydrogen (secondary N) is 1. The van der Waals surface area contributed by atoms with E-state index >= 15 is 0 Å². The van der Waals surface area contributed by atoms with Crippen molar-refractivity contribution in [3.05, 3.63) is 60.2 Å². The first-order valence-electron chi connectivity index (χ1n) is 8.74. The number of nitrogens with zero attached hydrogens (tertiary/aromatic N) is 4. The van der Waals surface area contributed by atoms with E-state index in [9.17, 15) is 17.6 Å². The van der Waals surface area contributed by atoms with Crippen LogP contribution < -0.4 is 4.74 Å². The van der Waals surface area contributed by atoms with Crippen LogP contribution >= 0.6 is 11.8 Å². The lowest BCUT2D eigenvalue weighted by Gasteiger charge is -2.13. The molecule has 6 nitrogen and oxygen atoms in total. The number of aromatic nitrogens is 5. The van der Waals surface area contributed by atoms with Gasteiger partial charge in [0.2, 0.25) is 0 Å². The second kappa shape index (κ2) is 7.98. The molecule has 0 bridgehead atoms. The average molecular weight is 437 g/mol. The molecule has 3 heterocycles. The van der Waals surface area contributed by atoms with Gasteiger partial charge in [0.15, 0.2) is 11.8 Å². The molecule has 1 aromatic carbocycles. The number of imidazole rings is 2. The van der Waals surface area contributed by atoms with Crippen molar-refractivity contribution in [1.29, 1.82) is 0 Å². The Morgan fingerprint density at radius 1 is 1.23 bits per heavy atom. The van der Waals surface area contributed by atoms with Crippen molar-refractivity contribution >= 4 is 22.8 Å². The number of hydrogen-bond acceptors (Lipinski definition) is 5. The maximum atomic E-state index is 14.4. The molecule has 11 heteroatoms. The third kappa shape index (κ3) is 4.40. The largest absolute Gasteiger partial charge is 0.484 e. The summed E-state index contributed by atoms with van der Waals surface area (Å²) in [5.74, 6) is 0.0634. The maximum Gasteiger partial charge on any atom is 0.422 e. The van der Waals surface area contributed by atoms with E-state index in [1.165, 1.54) is 36.4 Å². The molecule has 30 heavy (non-hydrogen) atoms. The number of pyridine rings is 1. The fraction of sp³-hybridized carbons (Fsp3) is 0.211. The fourth-order valence-corrected chi connectivity index (χ4v) is 3.73. The van der Waals surface area contributed by atoms with Crippen molar-refractivity contribution in [2.24, 2.45) is 0 Å². The van der Waals surface area contributed by atoms with Crippen LogP contribution in [0.3, 0.4) is 0 Å². The number of aromatic amines is 1. The molecule has 0 amide bonds. The lowest BCUT2D eigenvalue weighted by Crippen LogP contribution is -2.19. The van der Waals surface area contributed by atoms with Crippen molar-refractivity contribution in [1.82, 2.24) is 24.5 Å². The Labute approximate surface area is 172 Å². The third-order valence-electron chi connectivity index (χ3n) is 4.31. The zero-order valence-electron chi connectivity index (χ0n) is 15.6. The van der Waals surface area contributed by atoms with Gasteiger partial charge in [-0.2, -0.15) is 13.2 Å². The van der Waals surface area contributed by atoms with Gasteiger partial charge in [-0.3, -0.25) is 4.98 Å². The first kappa shape index (κ1) is 20.2. The van der Waals surface area contributed by atoms with Crippen molar-refractivity contribution in [2.75, 3.05) is 6.61 Å². The highest BCUT2D eigenvalue weighted by Crippen LogP contribution is 2.29. The summed E-state index contributed by atoms with van der Waals surface area (Å²) in [6.45, 7) is 0.291. The molecule has 0 aliphatic carbocycles. The second-order valence-electron chi connectivity index (χ2n) is 6.41. The van der Waals surface area contributed by atoms with E-state index in [2.05, 4.69) is 19.9 Å². The van der Waals surface area contributed by atoms with Crippen LogP contribution in [-0.4, -0.2) is 37.3 Å². The molecule has 3 aromatic heterocycles. The van der Waals surface area contributed by atoms with Crippen LogP contribution in [0, 0.1) is 12.7 Å². The molecule has 0 fully saturated rings. The van der Waals surface area contributed by atoms with Crippen molar-refractivity contribution in [3.8, 4) is 11.4 Å². The van der Waals surface area contributed by atoms with Crippen molar-refractivity contribution < 1.29 is 22.3 Å². The predicted molar refractivity (Wildman–Crippen MR) is 103 cm³/mol. The zero-order chi connectivity index (χ0) is 21.3. The van der Waals surface area contributed by atoms with Gasteiger partial charge in [0.1, 0.15) is 11.6 Å². The normalized spacial score (nSPS) is 11.9. The summed E-state index contributed by atoms with van der Waals surface area (Å²) in [5.41, 5.74) is 2.54. The predicted octanol–water partition coefficient (Wildman–Crippen LogP) is 4.82. The fourth-order valence-electron chi connectivity index (χ4n) is 2.82. The molecule has 0 unspecified atom stereocenters. The Balaban J connectivity index is 1.51. The standard InChI is InChI=1S/C19H15F4N5OS/c1-11-15(25-3-2-17(11)29-9-19(21,22)23)8-30-18-26-13-6-12(20)16(7-14(13)27-18)28-5-4-24-10-28/h2-7,10H,8-9H2,1H3,(H,26,27). The van der Waals surface area contributed by atoms with Crippen LogP contribution in [0.25, 0.3) is 16.7 Å². The van der Waals surface area contributed by atoms with E-state index in [1.54, 1.807) is 30.0 Å². The Bertz CT molecular complexity index is 1170. The summed E-state index contributed by atoms with van der Waals surface area (Å²) in [4.78, 5) is 15.6. The molecule has 0 aliphatic rings. The maximum absolute atomic E-state index is 14.4. The van der Waals surface area contributed by atoms with Crippen LogP contribution in [0.15, 0.2) is 48.3 Å². The van der Waals surface area contributed by atoms with Gasteiger partial charge in [-0.1, -0.05) is 11.8 Å². The SMILES string of the molecule is Cc1c(OCC(F)(F)F)ccnc1CSc1nc2cc(-n3ccnc3)c(F)cc2[nH]1. The van der Waals surface area contributed by atoms with Crippen LogP contribution in [-0.2, 0) is 5.75 Å². The summed E-state index contributed by atoms with van der Waals surface area (Å²) in [6.07, 6.45) is 1.67. The number of benzene rings is 1. The lowest BCUT2D eigenvalue weighted by molar-refractivity contribution is -0.153. The Morgan fingerprint density at radius 2 is 2.07 bits per heavy atom. The zero-order valence-corrected chi connectivity index (χ0v) is 16.4. The number of rotatable bonds is 6. The molecular weight excluding hydrogens is 422 g/mol. The van der Waals surface area contributed by atoms with E-state index in [-0.39, 0.29) is 5.75 Å². The van der Waals surface area contributed by atoms with E-state index < -0.39 is 18.6 Å². The summed E-state index contributed by atoms with van der Waals surface area (Å²) in [5, 5.41) is 0.537. The molecule has 156 valence electrons. The number of ether oxygens (including phenoxy) is 1. The van der Waals surface area contributed by atoms with Gasteiger partial charge in [-0.15, -0.1) is 0 Å². The average Bonchev–Trinajstić information content (AvgIpc) is 3.34. The number of H-pyrrole nitrogens is 1. The van der Waals surface area contributed by atoms with Gasteiger partial charge in [-0.25, -0.2) is 14.4 Å². The molecule has 0 spiro atoms. The lowest BCUT2D eigenvalue weighted by atomic mass is 10.2. The Hall–Kier alpha value is -3.08. The Kier molecular flexibility index (Phi) is 5.37.